The summed E-state index contributed by atoms with van der Waals surface area (Å²) in [5.41, 5.74) is 3.78. The number of carbonyl (C=O) groups is 1. The molecule has 0 radical (unpaired) electrons. The van der Waals surface area contributed by atoms with Gasteiger partial charge in [0.1, 0.15) is 0 Å². The molecular weight excluding hydrogens is 284 g/mol. The number of nitrogens with one attached hydrogen (secondary N) is 2. The molecule has 0 unspecified atom stereocenters. The van der Waals surface area contributed by atoms with Crippen LogP contribution in [0.3, 0.4) is 0 Å². The maximum atomic E-state index is 12.2. The van der Waals surface area contributed by atoms with Crippen LogP contribution in [0.5, 0.6) is 0 Å². The van der Waals surface area contributed by atoms with Crippen molar-refractivity contribution >= 4 is 34.1 Å². The topological polar surface area (TPSA) is 44.9 Å². The van der Waals surface area contributed by atoms with E-state index in [0.29, 0.717) is 11.4 Å². The summed E-state index contributed by atoms with van der Waals surface area (Å²) in [7, 11) is 0. The van der Waals surface area contributed by atoms with Gasteiger partial charge in [-0.15, -0.1) is 0 Å². The number of hydrogen-bond donors (Lipinski definition) is 2. The minimum absolute atomic E-state index is 0.0508. The highest BCUT2D eigenvalue weighted by Gasteiger charge is 2.10. The van der Waals surface area contributed by atoms with E-state index in [4.69, 9.17) is 11.6 Å². The van der Waals surface area contributed by atoms with Crippen molar-refractivity contribution in [3.05, 3.63) is 64.8 Å². The second kappa shape index (κ2) is 5.62. The first-order valence-electron chi connectivity index (χ1n) is 6.74. The summed E-state index contributed by atoms with van der Waals surface area (Å²) in [6.07, 6.45) is 2.21. The monoisotopic (exact) mass is 298 g/mol. The van der Waals surface area contributed by atoms with E-state index in [0.717, 1.165) is 27.7 Å². The van der Waals surface area contributed by atoms with Gasteiger partial charge in [0.15, 0.2) is 0 Å². The van der Waals surface area contributed by atoms with Crippen LogP contribution in [0.25, 0.3) is 10.9 Å². The standard InChI is InChI=1S/C17H15ClN2O/c1-11-6-7-13(18)9-16(11)20-17(21)8-12-10-19-15-5-3-2-4-14(12)15/h2-7,9-10,19H,8H2,1H3,(H,20,21). The molecule has 0 bridgehead atoms. The van der Waals surface area contributed by atoms with E-state index < -0.39 is 0 Å². The van der Waals surface area contributed by atoms with Crippen LogP contribution in [0, 0.1) is 6.92 Å². The molecule has 1 aromatic heterocycles. The maximum Gasteiger partial charge on any atom is 0.228 e. The number of fused-ring (bicyclic) bond motifs is 1. The third-order valence-electron chi connectivity index (χ3n) is 3.50. The molecule has 0 spiro atoms. The van der Waals surface area contributed by atoms with Crippen LogP contribution < -0.4 is 5.32 Å². The third kappa shape index (κ3) is 2.93. The number of anilines is 1. The van der Waals surface area contributed by atoms with Gasteiger partial charge in [-0.2, -0.15) is 0 Å². The molecule has 4 heteroatoms. The van der Waals surface area contributed by atoms with Gasteiger partial charge in [-0.05, 0) is 36.2 Å². The smallest absolute Gasteiger partial charge is 0.228 e. The first-order valence-corrected chi connectivity index (χ1v) is 7.12. The number of halogens is 1. The van der Waals surface area contributed by atoms with Crippen molar-refractivity contribution in [3.8, 4) is 0 Å². The van der Waals surface area contributed by atoms with Crippen molar-refractivity contribution in [2.45, 2.75) is 13.3 Å². The van der Waals surface area contributed by atoms with Crippen LogP contribution in [0.2, 0.25) is 5.02 Å². The summed E-state index contributed by atoms with van der Waals surface area (Å²) < 4.78 is 0. The van der Waals surface area contributed by atoms with Gasteiger partial charge in [-0.3, -0.25) is 4.79 Å². The highest BCUT2D eigenvalue weighted by molar-refractivity contribution is 6.31. The van der Waals surface area contributed by atoms with Gasteiger partial charge < -0.3 is 10.3 Å². The third-order valence-corrected chi connectivity index (χ3v) is 3.73. The maximum absolute atomic E-state index is 12.2. The van der Waals surface area contributed by atoms with Gasteiger partial charge in [0.2, 0.25) is 5.91 Å². The molecular formula is C17H15ClN2O. The molecule has 0 atom stereocenters. The second-order valence-corrected chi connectivity index (χ2v) is 5.48. The fraction of sp³-hybridized carbons (Fsp3) is 0.118. The summed E-state index contributed by atoms with van der Waals surface area (Å²) in [6.45, 7) is 1.94. The van der Waals surface area contributed by atoms with E-state index in [9.17, 15) is 4.79 Å². The molecule has 3 aromatic rings. The number of aromatic amines is 1. The summed E-state index contributed by atoms with van der Waals surface area (Å²) in [5, 5.41) is 4.61. The summed E-state index contributed by atoms with van der Waals surface area (Å²) in [5.74, 6) is -0.0508. The number of aromatic nitrogens is 1. The van der Waals surface area contributed by atoms with E-state index in [-0.39, 0.29) is 5.91 Å². The highest BCUT2D eigenvalue weighted by Crippen LogP contribution is 2.22. The lowest BCUT2D eigenvalue weighted by Crippen LogP contribution is -2.15. The number of rotatable bonds is 3. The molecule has 2 aromatic carbocycles. The zero-order chi connectivity index (χ0) is 14.8. The summed E-state index contributed by atoms with van der Waals surface area (Å²) in [4.78, 5) is 15.4. The van der Waals surface area contributed by atoms with E-state index in [2.05, 4.69) is 10.3 Å². The summed E-state index contributed by atoms with van der Waals surface area (Å²) >= 11 is 5.96. The SMILES string of the molecule is Cc1ccc(Cl)cc1NC(=O)Cc1c[nH]c2ccccc12. The van der Waals surface area contributed by atoms with Crippen LogP contribution in [0.4, 0.5) is 5.69 Å². The molecule has 2 N–H and O–H groups in total. The quantitative estimate of drug-likeness (QED) is 0.743. The Balaban J connectivity index is 1.79. The van der Waals surface area contributed by atoms with Gasteiger partial charge in [0.05, 0.1) is 6.42 Å². The second-order valence-electron chi connectivity index (χ2n) is 5.04. The Hall–Kier alpha value is -2.26. The molecule has 0 aliphatic carbocycles. The number of hydrogen-bond acceptors (Lipinski definition) is 1. The number of aryl methyl sites for hydroxylation is 1. The van der Waals surface area contributed by atoms with Crippen molar-refractivity contribution in [1.82, 2.24) is 4.98 Å². The van der Waals surface area contributed by atoms with Gasteiger partial charge in [0.25, 0.3) is 0 Å². The lowest BCUT2D eigenvalue weighted by molar-refractivity contribution is -0.115. The van der Waals surface area contributed by atoms with Crippen molar-refractivity contribution in [1.29, 1.82) is 0 Å². The van der Waals surface area contributed by atoms with Gasteiger partial charge >= 0.3 is 0 Å². The van der Waals surface area contributed by atoms with E-state index in [1.165, 1.54) is 0 Å². The molecule has 21 heavy (non-hydrogen) atoms. The highest BCUT2D eigenvalue weighted by atomic mass is 35.5. The van der Waals surface area contributed by atoms with Crippen LogP contribution >= 0.6 is 11.6 Å². The van der Waals surface area contributed by atoms with Crippen molar-refractivity contribution < 1.29 is 4.79 Å². The Morgan fingerprint density at radius 1 is 1.24 bits per heavy atom. The van der Waals surface area contributed by atoms with Gasteiger partial charge in [-0.1, -0.05) is 35.9 Å². The minimum Gasteiger partial charge on any atom is -0.361 e. The molecule has 0 aliphatic rings. The Morgan fingerprint density at radius 3 is 2.90 bits per heavy atom. The predicted octanol–water partition coefficient (Wildman–Crippen LogP) is 4.31. The van der Waals surface area contributed by atoms with Gasteiger partial charge in [-0.25, -0.2) is 0 Å². The van der Waals surface area contributed by atoms with E-state index in [1.54, 1.807) is 6.07 Å². The minimum atomic E-state index is -0.0508. The Kier molecular flexibility index (Phi) is 3.67. The molecule has 3 nitrogen and oxygen atoms in total. The van der Waals surface area contributed by atoms with E-state index in [1.807, 2.05) is 49.5 Å². The van der Waals surface area contributed by atoms with Crippen LogP contribution in [-0.2, 0) is 11.2 Å². The van der Waals surface area contributed by atoms with Crippen molar-refractivity contribution in [2.75, 3.05) is 5.32 Å². The fourth-order valence-corrected chi connectivity index (χ4v) is 2.55. The predicted molar refractivity (Wildman–Crippen MR) is 86.8 cm³/mol. The van der Waals surface area contributed by atoms with Crippen LogP contribution in [0.1, 0.15) is 11.1 Å². The Bertz CT molecular complexity index is 807. The molecule has 1 amide bonds. The average molecular weight is 299 g/mol. The van der Waals surface area contributed by atoms with Gasteiger partial charge in [0, 0.05) is 27.8 Å². The fourth-order valence-electron chi connectivity index (χ4n) is 2.37. The number of H-pyrrole nitrogens is 1. The first kappa shape index (κ1) is 13.7. The molecule has 3 rings (SSSR count). The molecule has 0 saturated heterocycles. The molecule has 0 saturated carbocycles. The molecule has 0 aliphatic heterocycles. The zero-order valence-corrected chi connectivity index (χ0v) is 12.4. The van der Waals surface area contributed by atoms with Crippen molar-refractivity contribution in [3.63, 3.8) is 0 Å². The van der Waals surface area contributed by atoms with E-state index >= 15 is 0 Å². The van der Waals surface area contributed by atoms with Crippen LogP contribution in [0.15, 0.2) is 48.7 Å². The number of amides is 1. The normalized spacial score (nSPS) is 10.8. The number of benzene rings is 2. The molecule has 0 fully saturated rings. The average Bonchev–Trinajstić information content (AvgIpc) is 2.86. The van der Waals surface area contributed by atoms with Crippen LogP contribution in [-0.4, -0.2) is 10.9 Å². The zero-order valence-electron chi connectivity index (χ0n) is 11.6. The lowest BCUT2D eigenvalue weighted by atomic mass is 10.1. The lowest BCUT2D eigenvalue weighted by Gasteiger charge is -2.08. The molecule has 106 valence electrons. The molecule has 1 heterocycles. The summed E-state index contributed by atoms with van der Waals surface area (Å²) in [6, 6.07) is 13.4. The van der Waals surface area contributed by atoms with Crippen molar-refractivity contribution in [2.24, 2.45) is 0 Å². The largest absolute Gasteiger partial charge is 0.361 e. The first-order chi connectivity index (χ1) is 10.1. The Morgan fingerprint density at radius 2 is 2.05 bits per heavy atom. The number of para-hydroxylation sites is 1. The Labute approximate surface area is 127 Å². The number of carbonyl (C=O) groups excluding carboxylic acids is 1.